The fourth-order valence-electron chi connectivity index (χ4n) is 3.08. The van der Waals surface area contributed by atoms with Crippen molar-refractivity contribution in [3.8, 4) is 22.8 Å². The number of hydrogen-bond acceptors (Lipinski definition) is 6. The third-order valence-electron chi connectivity index (χ3n) is 4.64. The average molecular weight is 437 g/mol. The Kier molecular flexibility index (Phi) is 6.47. The molecule has 0 atom stereocenters. The number of carbonyl (C=O) groups is 1. The van der Waals surface area contributed by atoms with Crippen LogP contribution in [0.15, 0.2) is 53.9 Å². The van der Waals surface area contributed by atoms with Gasteiger partial charge < -0.3 is 9.47 Å². The van der Waals surface area contributed by atoms with E-state index in [2.05, 4.69) is 22.3 Å². The fraction of sp³-hybridized carbons (Fsp3) is 0.261. The molecular formula is C23H24N4O3S. The SMILES string of the molecule is CCCCOc1ccc(C(=O)Nc2nc3scc(-c4ccccc4)n3n2)cc1OCC. The van der Waals surface area contributed by atoms with Crippen LogP contribution in [0.25, 0.3) is 16.2 Å². The van der Waals surface area contributed by atoms with Gasteiger partial charge in [0.05, 0.1) is 18.9 Å². The Hall–Kier alpha value is -3.39. The molecule has 160 valence electrons. The number of aromatic nitrogens is 3. The highest BCUT2D eigenvalue weighted by atomic mass is 32.1. The van der Waals surface area contributed by atoms with Gasteiger partial charge in [-0.1, -0.05) is 43.7 Å². The van der Waals surface area contributed by atoms with Crippen LogP contribution in [0, 0.1) is 0 Å². The van der Waals surface area contributed by atoms with Crippen LogP contribution in [0.3, 0.4) is 0 Å². The van der Waals surface area contributed by atoms with E-state index in [0.29, 0.717) is 35.2 Å². The lowest BCUT2D eigenvalue weighted by atomic mass is 10.2. The van der Waals surface area contributed by atoms with Gasteiger partial charge in [-0.3, -0.25) is 10.1 Å². The molecule has 2 heterocycles. The zero-order valence-corrected chi connectivity index (χ0v) is 18.3. The van der Waals surface area contributed by atoms with E-state index in [9.17, 15) is 4.79 Å². The topological polar surface area (TPSA) is 77.8 Å². The van der Waals surface area contributed by atoms with E-state index in [1.165, 1.54) is 11.3 Å². The molecular weight excluding hydrogens is 412 g/mol. The van der Waals surface area contributed by atoms with Crippen molar-refractivity contribution in [3.63, 3.8) is 0 Å². The summed E-state index contributed by atoms with van der Waals surface area (Å²) in [6.45, 7) is 5.10. The largest absolute Gasteiger partial charge is 0.490 e. The molecule has 0 fully saturated rings. The Morgan fingerprint density at radius 2 is 1.94 bits per heavy atom. The monoisotopic (exact) mass is 436 g/mol. The first-order valence-corrected chi connectivity index (χ1v) is 11.2. The van der Waals surface area contributed by atoms with Crippen LogP contribution in [0.4, 0.5) is 5.95 Å². The van der Waals surface area contributed by atoms with Gasteiger partial charge in [-0.25, -0.2) is 4.52 Å². The summed E-state index contributed by atoms with van der Waals surface area (Å²) < 4.78 is 13.2. The number of amides is 1. The predicted molar refractivity (Wildman–Crippen MR) is 122 cm³/mol. The lowest BCUT2D eigenvalue weighted by Gasteiger charge is -2.13. The first kappa shape index (κ1) is 20.9. The second kappa shape index (κ2) is 9.61. The van der Waals surface area contributed by atoms with Gasteiger partial charge in [0, 0.05) is 16.5 Å². The molecule has 1 amide bonds. The molecule has 0 aliphatic heterocycles. The maximum absolute atomic E-state index is 12.8. The number of unbranched alkanes of at least 4 members (excludes halogenated alkanes) is 1. The molecule has 0 spiro atoms. The number of nitrogens with one attached hydrogen (secondary N) is 1. The molecule has 4 aromatic rings. The van der Waals surface area contributed by atoms with E-state index in [-0.39, 0.29) is 11.9 Å². The van der Waals surface area contributed by atoms with E-state index in [1.807, 2.05) is 42.6 Å². The number of ether oxygens (including phenoxy) is 2. The number of carbonyl (C=O) groups excluding carboxylic acids is 1. The third-order valence-corrected chi connectivity index (χ3v) is 5.45. The molecule has 31 heavy (non-hydrogen) atoms. The quantitative estimate of drug-likeness (QED) is 0.361. The number of hydrogen-bond donors (Lipinski definition) is 1. The summed E-state index contributed by atoms with van der Waals surface area (Å²) in [6.07, 6.45) is 2.01. The van der Waals surface area contributed by atoms with Crippen LogP contribution in [-0.2, 0) is 0 Å². The van der Waals surface area contributed by atoms with Crippen molar-refractivity contribution in [3.05, 3.63) is 59.5 Å². The summed E-state index contributed by atoms with van der Waals surface area (Å²) in [5.41, 5.74) is 2.42. The third kappa shape index (κ3) is 4.69. The van der Waals surface area contributed by atoms with Crippen LogP contribution in [0.5, 0.6) is 11.5 Å². The number of fused-ring (bicyclic) bond motifs is 1. The molecule has 0 aliphatic carbocycles. The number of rotatable bonds is 9. The maximum atomic E-state index is 12.8. The second-order valence-corrected chi connectivity index (χ2v) is 7.70. The van der Waals surface area contributed by atoms with Crippen molar-refractivity contribution >= 4 is 28.2 Å². The normalized spacial score (nSPS) is 10.9. The summed E-state index contributed by atoms with van der Waals surface area (Å²) in [4.78, 5) is 17.9. The zero-order chi connectivity index (χ0) is 21.6. The van der Waals surface area contributed by atoms with Gasteiger partial charge in [0.15, 0.2) is 11.5 Å². The number of benzene rings is 2. The Bertz CT molecular complexity index is 1170. The standard InChI is InChI=1S/C23H24N4O3S/c1-3-5-13-30-19-12-11-17(14-20(19)29-4-2)21(28)24-22-25-23-27(26-22)18(15-31-23)16-9-7-6-8-10-16/h6-12,14-15H,3-5,13H2,1-2H3,(H,24,26,28). The molecule has 7 nitrogen and oxygen atoms in total. The number of nitrogens with zero attached hydrogens (tertiary/aromatic N) is 3. The molecule has 2 aromatic carbocycles. The maximum Gasteiger partial charge on any atom is 0.258 e. The summed E-state index contributed by atoms with van der Waals surface area (Å²) in [6, 6.07) is 15.1. The highest BCUT2D eigenvalue weighted by Crippen LogP contribution is 2.29. The number of anilines is 1. The Labute approximate surface area is 184 Å². The van der Waals surface area contributed by atoms with Crippen LogP contribution < -0.4 is 14.8 Å². The Morgan fingerprint density at radius 1 is 1.10 bits per heavy atom. The molecule has 8 heteroatoms. The summed E-state index contributed by atoms with van der Waals surface area (Å²) in [5.74, 6) is 1.15. The first-order valence-electron chi connectivity index (χ1n) is 10.3. The van der Waals surface area contributed by atoms with Gasteiger partial charge in [-0.15, -0.1) is 16.4 Å². The highest BCUT2D eigenvalue weighted by molar-refractivity contribution is 7.15. The van der Waals surface area contributed by atoms with Gasteiger partial charge in [0.2, 0.25) is 4.96 Å². The average Bonchev–Trinajstić information content (AvgIpc) is 3.36. The minimum absolute atomic E-state index is 0.260. The van der Waals surface area contributed by atoms with E-state index < -0.39 is 0 Å². The van der Waals surface area contributed by atoms with Gasteiger partial charge in [-0.2, -0.15) is 4.98 Å². The zero-order valence-electron chi connectivity index (χ0n) is 17.5. The minimum Gasteiger partial charge on any atom is -0.490 e. The Morgan fingerprint density at radius 3 is 2.71 bits per heavy atom. The molecule has 0 radical (unpaired) electrons. The van der Waals surface area contributed by atoms with Crippen LogP contribution >= 0.6 is 11.3 Å². The molecule has 0 saturated carbocycles. The lowest BCUT2D eigenvalue weighted by molar-refractivity contribution is 0.102. The van der Waals surface area contributed by atoms with Gasteiger partial charge >= 0.3 is 0 Å². The van der Waals surface area contributed by atoms with Gasteiger partial charge in [0.1, 0.15) is 0 Å². The molecule has 0 aliphatic rings. The van der Waals surface area contributed by atoms with Crippen molar-refractivity contribution < 1.29 is 14.3 Å². The summed E-state index contributed by atoms with van der Waals surface area (Å²) in [7, 11) is 0. The smallest absolute Gasteiger partial charge is 0.258 e. The van der Waals surface area contributed by atoms with E-state index in [1.54, 1.807) is 22.7 Å². The van der Waals surface area contributed by atoms with Crippen molar-refractivity contribution in [1.82, 2.24) is 14.6 Å². The van der Waals surface area contributed by atoms with Crippen LogP contribution in [0.2, 0.25) is 0 Å². The van der Waals surface area contributed by atoms with Crippen LogP contribution in [0.1, 0.15) is 37.0 Å². The van der Waals surface area contributed by atoms with E-state index in [4.69, 9.17) is 9.47 Å². The van der Waals surface area contributed by atoms with Crippen molar-refractivity contribution in [1.29, 1.82) is 0 Å². The summed E-state index contributed by atoms with van der Waals surface area (Å²) >= 11 is 1.47. The first-order chi connectivity index (χ1) is 15.2. The van der Waals surface area contributed by atoms with Gasteiger partial charge in [-0.05, 0) is 31.5 Å². The molecule has 4 rings (SSSR count). The highest BCUT2D eigenvalue weighted by Gasteiger charge is 2.16. The van der Waals surface area contributed by atoms with E-state index in [0.717, 1.165) is 24.1 Å². The summed E-state index contributed by atoms with van der Waals surface area (Å²) in [5, 5.41) is 9.25. The molecule has 0 bridgehead atoms. The van der Waals surface area contributed by atoms with E-state index >= 15 is 0 Å². The number of thiazole rings is 1. The molecule has 1 N–H and O–H groups in total. The minimum atomic E-state index is -0.305. The Balaban J connectivity index is 1.53. The van der Waals surface area contributed by atoms with Crippen molar-refractivity contribution in [2.24, 2.45) is 0 Å². The van der Waals surface area contributed by atoms with Crippen molar-refractivity contribution in [2.45, 2.75) is 26.7 Å². The molecule has 0 saturated heterocycles. The predicted octanol–water partition coefficient (Wildman–Crippen LogP) is 5.29. The lowest BCUT2D eigenvalue weighted by Crippen LogP contribution is -2.13. The molecule has 0 unspecified atom stereocenters. The van der Waals surface area contributed by atoms with Crippen molar-refractivity contribution in [2.75, 3.05) is 18.5 Å². The fourth-order valence-corrected chi connectivity index (χ4v) is 3.91. The second-order valence-electron chi connectivity index (χ2n) is 6.87. The van der Waals surface area contributed by atoms with Gasteiger partial charge in [0.25, 0.3) is 11.9 Å². The van der Waals surface area contributed by atoms with Crippen LogP contribution in [-0.4, -0.2) is 33.7 Å². The molecule has 2 aromatic heterocycles.